The van der Waals surface area contributed by atoms with Gasteiger partial charge in [0.25, 0.3) is 0 Å². The maximum absolute atomic E-state index is 9.43. The molecule has 1 nitrogen and oxygen atoms in total. The Morgan fingerprint density at radius 2 is 2.00 bits per heavy atom. The number of aliphatic hydroxyl groups excluding tert-OH is 1. The fourth-order valence-electron chi connectivity index (χ4n) is 0.995. The first-order chi connectivity index (χ1) is 4.22. The maximum Gasteiger partial charge on any atom is 0.0607 e. The van der Waals surface area contributed by atoms with Gasteiger partial charge in [-0.05, 0) is 17.4 Å². The first kappa shape index (κ1) is 7.42. The molecule has 0 radical (unpaired) electrons. The average Bonchev–Trinajstić information content (AvgIpc) is 1.60. The molecule has 54 valence electrons. The Hall–Kier alpha value is 0.310. The Bertz CT molecular complexity index is 88.9. The second-order valence-corrected chi connectivity index (χ2v) is 4.11. The summed E-state index contributed by atoms with van der Waals surface area (Å²) >= 11 is 1.93. The molecule has 0 aromatic heterocycles. The van der Waals surface area contributed by atoms with Gasteiger partial charge in [0.1, 0.15) is 0 Å². The molecular formula is C7H14OS. The van der Waals surface area contributed by atoms with Crippen LogP contribution < -0.4 is 0 Å². The van der Waals surface area contributed by atoms with Crippen molar-refractivity contribution >= 4 is 11.8 Å². The van der Waals surface area contributed by atoms with Gasteiger partial charge in [-0.2, -0.15) is 11.8 Å². The fraction of sp³-hybridized carbons (Fsp3) is 1.00. The lowest BCUT2D eigenvalue weighted by atomic mass is 9.96. The van der Waals surface area contributed by atoms with Gasteiger partial charge >= 0.3 is 0 Å². The smallest absolute Gasteiger partial charge is 0.0607 e. The fourth-order valence-corrected chi connectivity index (χ4v) is 1.90. The number of aliphatic hydroxyl groups is 1. The van der Waals surface area contributed by atoms with Crippen LogP contribution in [0.25, 0.3) is 0 Å². The summed E-state index contributed by atoms with van der Waals surface area (Å²) in [5.74, 6) is 3.37. The highest BCUT2D eigenvalue weighted by atomic mass is 32.2. The van der Waals surface area contributed by atoms with E-state index in [9.17, 15) is 5.11 Å². The second kappa shape index (κ2) is 2.93. The minimum Gasteiger partial charge on any atom is -0.393 e. The van der Waals surface area contributed by atoms with Crippen molar-refractivity contribution in [2.75, 3.05) is 11.5 Å². The van der Waals surface area contributed by atoms with Crippen LogP contribution in [0.5, 0.6) is 0 Å². The van der Waals surface area contributed by atoms with E-state index in [2.05, 4.69) is 13.8 Å². The molecule has 1 fully saturated rings. The zero-order valence-electron chi connectivity index (χ0n) is 6.00. The van der Waals surface area contributed by atoms with Crippen molar-refractivity contribution in [3.05, 3.63) is 0 Å². The van der Waals surface area contributed by atoms with Gasteiger partial charge in [0.05, 0.1) is 6.10 Å². The first-order valence-electron chi connectivity index (χ1n) is 3.47. The maximum atomic E-state index is 9.43. The average molecular weight is 146 g/mol. The molecular weight excluding hydrogens is 132 g/mol. The van der Waals surface area contributed by atoms with Crippen LogP contribution in [0.15, 0.2) is 0 Å². The number of hydrogen-bond donors (Lipinski definition) is 1. The molecule has 0 aromatic rings. The molecule has 2 heteroatoms. The molecule has 1 rings (SSSR count). The molecule has 1 N–H and O–H groups in total. The highest BCUT2D eigenvalue weighted by Gasteiger charge is 2.27. The SMILES string of the molecule is CC(C)C(O)C1CSC1. The number of hydrogen-bond acceptors (Lipinski definition) is 2. The molecule has 0 bridgehead atoms. The quantitative estimate of drug-likeness (QED) is 0.635. The van der Waals surface area contributed by atoms with Crippen molar-refractivity contribution in [2.24, 2.45) is 11.8 Å². The summed E-state index contributed by atoms with van der Waals surface area (Å²) in [5, 5.41) is 9.43. The van der Waals surface area contributed by atoms with Crippen molar-refractivity contribution < 1.29 is 5.11 Å². The third-order valence-corrected chi connectivity index (χ3v) is 3.16. The van der Waals surface area contributed by atoms with E-state index >= 15 is 0 Å². The Kier molecular flexibility index (Phi) is 2.42. The van der Waals surface area contributed by atoms with Gasteiger partial charge < -0.3 is 5.11 Å². The number of rotatable bonds is 2. The molecule has 1 saturated heterocycles. The predicted octanol–water partition coefficient (Wildman–Crippen LogP) is 1.37. The largest absolute Gasteiger partial charge is 0.393 e. The summed E-state index contributed by atoms with van der Waals surface area (Å²) in [6, 6.07) is 0. The Labute approximate surface area is 60.8 Å². The van der Waals surface area contributed by atoms with Crippen molar-refractivity contribution in [1.82, 2.24) is 0 Å². The predicted molar refractivity (Wildman–Crippen MR) is 41.7 cm³/mol. The summed E-state index contributed by atoms with van der Waals surface area (Å²) in [7, 11) is 0. The molecule has 0 aliphatic carbocycles. The van der Waals surface area contributed by atoms with E-state index in [1.54, 1.807) is 0 Å². The van der Waals surface area contributed by atoms with Crippen LogP contribution in [-0.2, 0) is 0 Å². The second-order valence-electron chi connectivity index (χ2n) is 3.03. The third kappa shape index (κ3) is 1.62. The van der Waals surface area contributed by atoms with Crippen LogP contribution in [0.3, 0.4) is 0 Å². The molecule has 0 amide bonds. The van der Waals surface area contributed by atoms with Crippen LogP contribution in [0.4, 0.5) is 0 Å². The van der Waals surface area contributed by atoms with Crippen LogP contribution in [0.2, 0.25) is 0 Å². The van der Waals surface area contributed by atoms with E-state index in [1.807, 2.05) is 11.8 Å². The highest BCUT2D eigenvalue weighted by molar-refractivity contribution is 8.00. The van der Waals surface area contributed by atoms with Gasteiger partial charge in [-0.15, -0.1) is 0 Å². The standard InChI is InChI=1S/C7H14OS/c1-5(2)7(8)6-3-9-4-6/h5-8H,3-4H2,1-2H3. The van der Waals surface area contributed by atoms with Gasteiger partial charge in [-0.25, -0.2) is 0 Å². The Morgan fingerprint density at radius 3 is 2.11 bits per heavy atom. The van der Waals surface area contributed by atoms with Crippen LogP contribution in [-0.4, -0.2) is 22.7 Å². The van der Waals surface area contributed by atoms with Crippen LogP contribution in [0.1, 0.15) is 13.8 Å². The lowest BCUT2D eigenvalue weighted by Gasteiger charge is -2.31. The summed E-state index contributed by atoms with van der Waals surface area (Å²) in [6.07, 6.45) is -0.0498. The summed E-state index contributed by atoms with van der Waals surface area (Å²) < 4.78 is 0. The zero-order chi connectivity index (χ0) is 6.85. The van der Waals surface area contributed by atoms with Gasteiger partial charge in [-0.3, -0.25) is 0 Å². The Morgan fingerprint density at radius 1 is 1.44 bits per heavy atom. The van der Waals surface area contributed by atoms with E-state index < -0.39 is 0 Å². The minimum absolute atomic E-state index is 0.0498. The van der Waals surface area contributed by atoms with Gasteiger partial charge in [0, 0.05) is 5.92 Å². The lowest BCUT2D eigenvalue weighted by Crippen LogP contribution is -2.35. The molecule has 1 atom stereocenters. The van der Waals surface area contributed by atoms with Crippen molar-refractivity contribution in [3.8, 4) is 0 Å². The molecule has 0 aromatic carbocycles. The van der Waals surface area contributed by atoms with E-state index in [4.69, 9.17) is 0 Å². The summed E-state index contributed by atoms with van der Waals surface area (Å²) in [5.41, 5.74) is 0. The third-order valence-electron chi connectivity index (χ3n) is 1.83. The van der Waals surface area contributed by atoms with E-state index in [-0.39, 0.29) is 6.10 Å². The van der Waals surface area contributed by atoms with Gasteiger partial charge in [0.15, 0.2) is 0 Å². The monoisotopic (exact) mass is 146 g/mol. The molecule has 9 heavy (non-hydrogen) atoms. The molecule has 0 saturated carbocycles. The van der Waals surface area contributed by atoms with Gasteiger partial charge in [0.2, 0.25) is 0 Å². The molecule has 0 spiro atoms. The van der Waals surface area contributed by atoms with Crippen molar-refractivity contribution in [2.45, 2.75) is 20.0 Å². The zero-order valence-corrected chi connectivity index (χ0v) is 6.82. The van der Waals surface area contributed by atoms with E-state index in [0.29, 0.717) is 11.8 Å². The Balaban J connectivity index is 2.23. The number of thioether (sulfide) groups is 1. The topological polar surface area (TPSA) is 20.2 Å². The molecule has 1 aliphatic heterocycles. The van der Waals surface area contributed by atoms with Crippen LogP contribution >= 0.6 is 11.8 Å². The van der Waals surface area contributed by atoms with Gasteiger partial charge in [-0.1, -0.05) is 13.8 Å². The lowest BCUT2D eigenvalue weighted by molar-refractivity contribution is 0.0795. The summed E-state index contributed by atoms with van der Waals surface area (Å²) in [6.45, 7) is 4.15. The minimum atomic E-state index is -0.0498. The molecule has 1 unspecified atom stereocenters. The van der Waals surface area contributed by atoms with E-state index in [1.165, 1.54) is 11.5 Å². The first-order valence-corrected chi connectivity index (χ1v) is 4.63. The van der Waals surface area contributed by atoms with Crippen LogP contribution in [0, 0.1) is 11.8 Å². The summed E-state index contributed by atoms with van der Waals surface area (Å²) in [4.78, 5) is 0. The van der Waals surface area contributed by atoms with E-state index in [0.717, 1.165) is 0 Å². The molecule has 1 aliphatic rings. The van der Waals surface area contributed by atoms with Crippen molar-refractivity contribution in [1.29, 1.82) is 0 Å². The normalized spacial score (nSPS) is 24.0. The van der Waals surface area contributed by atoms with Crippen molar-refractivity contribution in [3.63, 3.8) is 0 Å². The highest BCUT2D eigenvalue weighted by Crippen LogP contribution is 2.30. The molecule has 1 heterocycles.